The molecular formula is C58H36N4S. The van der Waals surface area contributed by atoms with E-state index in [1.165, 1.54) is 75.1 Å². The van der Waals surface area contributed by atoms with Crippen molar-refractivity contribution in [3.63, 3.8) is 0 Å². The molecule has 0 fully saturated rings. The van der Waals surface area contributed by atoms with Gasteiger partial charge in [-0.1, -0.05) is 164 Å². The maximum absolute atomic E-state index is 5.22. The lowest BCUT2D eigenvalue weighted by Crippen LogP contribution is -1.99. The lowest BCUT2D eigenvalue weighted by atomic mass is 10.0. The van der Waals surface area contributed by atoms with Crippen LogP contribution in [-0.4, -0.2) is 19.1 Å². The molecule has 4 aromatic heterocycles. The first-order valence-electron chi connectivity index (χ1n) is 21.3. The lowest BCUT2D eigenvalue weighted by molar-refractivity contribution is 1.15. The monoisotopic (exact) mass is 820 g/mol. The zero-order chi connectivity index (χ0) is 41.4. The molecule has 0 spiro atoms. The van der Waals surface area contributed by atoms with Crippen LogP contribution >= 0.6 is 11.3 Å². The van der Waals surface area contributed by atoms with E-state index in [0.29, 0.717) is 5.82 Å². The van der Waals surface area contributed by atoms with Gasteiger partial charge in [-0.3, -0.25) is 0 Å². The quantitative estimate of drug-likeness (QED) is 0.167. The summed E-state index contributed by atoms with van der Waals surface area (Å²) in [5.41, 5.74) is 14.2. The van der Waals surface area contributed by atoms with Crippen LogP contribution in [0.15, 0.2) is 218 Å². The molecule has 63 heavy (non-hydrogen) atoms. The number of rotatable bonds is 6. The zero-order valence-corrected chi connectivity index (χ0v) is 34.8. The van der Waals surface area contributed by atoms with Gasteiger partial charge >= 0.3 is 0 Å². The van der Waals surface area contributed by atoms with E-state index in [0.717, 1.165) is 39.3 Å². The lowest BCUT2D eigenvalue weighted by Gasteiger charge is -2.14. The van der Waals surface area contributed by atoms with Crippen molar-refractivity contribution in [2.45, 2.75) is 0 Å². The number of benzene rings is 9. The molecule has 13 rings (SSSR count). The first-order valence-corrected chi connectivity index (χ1v) is 22.1. The highest BCUT2D eigenvalue weighted by molar-refractivity contribution is 7.26. The van der Waals surface area contributed by atoms with Crippen LogP contribution in [0, 0.1) is 0 Å². The zero-order valence-electron chi connectivity index (χ0n) is 34.0. The van der Waals surface area contributed by atoms with Crippen molar-refractivity contribution in [1.82, 2.24) is 19.1 Å². The van der Waals surface area contributed by atoms with Gasteiger partial charge < -0.3 is 9.13 Å². The maximum Gasteiger partial charge on any atom is 0.160 e. The molecule has 0 bridgehead atoms. The van der Waals surface area contributed by atoms with Gasteiger partial charge in [-0.25, -0.2) is 9.97 Å². The number of nitrogens with zero attached hydrogens (tertiary/aromatic N) is 4. The Morgan fingerprint density at radius 3 is 1.51 bits per heavy atom. The average molecular weight is 821 g/mol. The number of aromatic nitrogens is 4. The van der Waals surface area contributed by atoms with Gasteiger partial charge in [0.25, 0.3) is 0 Å². The van der Waals surface area contributed by atoms with Gasteiger partial charge in [0.15, 0.2) is 5.82 Å². The number of fused-ring (bicyclic) bond motifs is 10. The molecular weight excluding hydrogens is 785 g/mol. The summed E-state index contributed by atoms with van der Waals surface area (Å²) in [6, 6.07) is 78.3. The van der Waals surface area contributed by atoms with Crippen LogP contribution in [0.5, 0.6) is 0 Å². The molecule has 0 radical (unpaired) electrons. The van der Waals surface area contributed by atoms with Crippen molar-refractivity contribution in [1.29, 1.82) is 0 Å². The van der Waals surface area contributed by atoms with Crippen LogP contribution < -0.4 is 0 Å². The Morgan fingerprint density at radius 1 is 0.333 bits per heavy atom. The van der Waals surface area contributed by atoms with Gasteiger partial charge in [0.1, 0.15) is 0 Å². The molecule has 4 heterocycles. The number of para-hydroxylation sites is 2. The molecule has 0 aliphatic carbocycles. The Balaban J connectivity index is 1.01. The predicted molar refractivity (Wildman–Crippen MR) is 265 cm³/mol. The fraction of sp³-hybridized carbons (Fsp3) is 0. The fourth-order valence-electron chi connectivity index (χ4n) is 9.63. The topological polar surface area (TPSA) is 35.6 Å². The van der Waals surface area contributed by atoms with E-state index in [2.05, 4.69) is 221 Å². The fourth-order valence-corrected chi connectivity index (χ4v) is 10.8. The molecule has 13 aromatic rings. The van der Waals surface area contributed by atoms with E-state index in [1.807, 2.05) is 17.4 Å². The summed E-state index contributed by atoms with van der Waals surface area (Å²) in [5, 5.41) is 7.49. The normalized spacial score (nSPS) is 11.8. The van der Waals surface area contributed by atoms with Crippen LogP contribution in [0.1, 0.15) is 0 Å². The van der Waals surface area contributed by atoms with Crippen molar-refractivity contribution in [3.05, 3.63) is 218 Å². The summed E-state index contributed by atoms with van der Waals surface area (Å²) < 4.78 is 7.56. The SMILES string of the molecule is c1ccc(-c2ccc(-c3cc(-c4ccccc4)nc(-c4ccc(-n5c6ccccc6c6ccc7c8ccccc8n(-c8cccc9c8sc8ccccc89)c7c65)cc4)n3)cc2)cc1. The van der Waals surface area contributed by atoms with Crippen molar-refractivity contribution >= 4 is 75.1 Å². The molecule has 0 saturated heterocycles. The predicted octanol–water partition coefficient (Wildman–Crippen LogP) is 15.7. The number of hydrogen-bond donors (Lipinski definition) is 0. The molecule has 4 nitrogen and oxygen atoms in total. The highest BCUT2D eigenvalue weighted by Crippen LogP contribution is 2.45. The van der Waals surface area contributed by atoms with Crippen molar-refractivity contribution in [2.75, 3.05) is 0 Å². The van der Waals surface area contributed by atoms with E-state index in [4.69, 9.17) is 9.97 Å². The third-order valence-electron chi connectivity index (χ3n) is 12.6. The van der Waals surface area contributed by atoms with Crippen molar-refractivity contribution < 1.29 is 0 Å². The third kappa shape index (κ3) is 5.67. The average Bonchev–Trinajstić information content (AvgIpc) is 4.03. The summed E-state index contributed by atoms with van der Waals surface area (Å²) in [7, 11) is 0. The van der Waals surface area contributed by atoms with Gasteiger partial charge in [-0.15, -0.1) is 11.3 Å². The van der Waals surface area contributed by atoms with Crippen LogP contribution in [0.2, 0.25) is 0 Å². The van der Waals surface area contributed by atoms with Crippen LogP contribution in [-0.2, 0) is 0 Å². The molecule has 0 N–H and O–H groups in total. The second-order valence-electron chi connectivity index (χ2n) is 16.1. The highest BCUT2D eigenvalue weighted by Gasteiger charge is 2.23. The molecule has 9 aromatic carbocycles. The van der Waals surface area contributed by atoms with Gasteiger partial charge in [0.05, 0.1) is 43.8 Å². The maximum atomic E-state index is 5.22. The van der Waals surface area contributed by atoms with Crippen molar-refractivity contribution in [2.24, 2.45) is 0 Å². The Bertz CT molecular complexity index is 3880. The van der Waals surface area contributed by atoms with E-state index in [-0.39, 0.29) is 0 Å². The second kappa shape index (κ2) is 14.2. The van der Waals surface area contributed by atoms with E-state index >= 15 is 0 Å². The Labute approximate surface area is 367 Å². The third-order valence-corrected chi connectivity index (χ3v) is 13.8. The number of thiophene rings is 1. The largest absolute Gasteiger partial charge is 0.307 e. The Kier molecular flexibility index (Phi) is 8.05. The van der Waals surface area contributed by atoms with Gasteiger partial charge in [0.2, 0.25) is 0 Å². The van der Waals surface area contributed by atoms with Crippen LogP contribution in [0.4, 0.5) is 0 Å². The first-order chi connectivity index (χ1) is 31.2. The molecule has 0 unspecified atom stereocenters. The Hall–Kier alpha value is -8.12. The van der Waals surface area contributed by atoms with Crippen LogP contribution in [0.25, 0.3) is 120 Å². The summed E-state index contributed by atoms with van der Waals surface area (Å²) in [5.74, 6) is 0.686. The van der Waals surface area contributed by atoms with Gasteiger partial charge in [0, 0.05) is 59.4 Å². The van der Waals surface area contributed by atoms with E-state index in [1.54, 1.807) is 0 Å². The van der Waals surface area contributed by atoms with E-state index in [9.17, 15) is 0 Å². The van der Waals surface area contributed by atoms with Gasteiger partial charge in [-0.2, -0.15) is 0 Å². The standard InChI is InChI=1S/C58H36N4S/c1-3-14-37(15-4-1)38-26-28-40(29-27-38)50-36-49(39-16-5-2-6-17-39)59-58(60-50)41-30-32-42(33-31-41)61-51-22-10-7-18-43(51)46-34-35-47-44-19-8-11-23-52(44)62(56(47)55(46)61)53-24-13-21-48-45-20-9-12-25-54(45)63-57(48)53/h1-36H. The Morgan fingerprint density at radius 2 is 0.825 bits per heavy atom. The summed E-state index contributed by atoms with van der Waals surface area (Å²) >= 11 is 1.87. The summed E-state index contributed by atoms with van der Waals surface area (Å²) in [6.07, 6.45) is 0. The summed E-state index contributed by atoms with van der Waals surface area (Å²) in [6.45, 7) is 0. The molecule has 0 saturated carbocycles. The molecule has 5 heteroatoms. The minimum absolute atomic E-state index is 0.686. The molecule has 294 valence electrons. The van der Waals surface area contributed by atoms with Crippen molar-refractivity contribution in [3.8, 4) is 56.4 Å². The molecule has 0 aliphatic heterocycles. The minimum atomic E-state index is 0.686. The minimum Gasteiger partial charge on any atom is -0.307 e. The molecule has 0 aliphatic rings. The van der Waals surface area contributed by atoms with E-state index < -0.39 is 0 Å². The van der Waals surface area contributed by atoms with Crippen LogP contribution in [0.3, 0.4) is 0 Å². The highest BCUT2D eigenvalue weighted by atomic mass is 32.1. The summed E-state index contributed by atoms with van der Waals surface area (Å²) in [4.78, 5) is 10.4. The molecule has 0 amide bonds. The number of hydrogen-bond acceptors (Lipinski definition) is 3. The second-order valence-corrected chi connectivity index (χ2v) is 17.2. The smallest absolute Gasteiger partial charge is 0.160 e. The molecule has 0 atom stereocenters. The van der Waals surface area contributed by atoms with Gasteiger partial charge in [-0.05, 0) is 65.7 Å². The first kappa shape index (κ1) is 35.6.